The summed E-state index contributed by atoms with van der Waals surface area (Å²) in [6, 6.07) is 2.85. The lowest BCUT2D eigenvalue weighted by Crippen LogP contribution is -2.82. The molecule has 1 amide bonds. The minimum Gasteiger partial charge on any atom is -0.496 e. The number of aromatic carboxylic acids is 1. The van der Waals surface area contributed by atoms with Crippen molar-refractivity contribution in [1.82, 2.24) is 14.9 Å². The maximum atomic E-state index is 13.3. The van der Waals surface area contributed by atoms with Crippen LogP contribution in [0.4, 0.5) is 11.5 Å². The molecule has 3 heterocycles. The zero-order valence-corrected chi connectivity index (χ0v) is 19.1. The Kier molecular flexibility index (Phi) is 5.53. The Morgan fingerprint density at radius 1 is 1.15 bits per heavy atom. The highest BCUT2D eigenvalue weighted by Gasteiger charge is 2.70. The van der Waals surface area contributed by atoms with Gasteiger partial charge in [0.25, 0.3) is 5.91 Å². The van der Waals surface area contributed by atoms with E-state index in [9.17, 15) is 14.7 Å². The summed E-state index contributed by atoms with van der Waals surface area (Å²) < 4.78 is 15.9. The number of ether oxygens (including phenoxy) is 3. The van der Waals surface area contributed by atoms with E-state index in [-0.39, 0.29) is 33.8 Å². The van der Waals surface area contributed by atoms with Crippen LogP contribution in [0.5, 0.6) is 11.6 Å². The fraction of sp³-hybridized carbons (Fsp3) is 0.478. The number of methoxy groups -OCH3 is 2. The number of pyridine rings is 2. The molecule has 34 heavy (non-hydrogen) atoms. The number of carboxylic acid groups (broad SMARTS) is 1. The standard InChI is InChI=1S/C23H27N5O6/c1-32-16-3-4-24-19(27-22-11-23(12-22,13-22)28-5-7-34-8-6-28)18(16)20(29)26-15-10-25-17(33-2)9-14(15)21(30)31/h3-4,9-10H,5-8,11-13H2,1-2H3,(H,24,27)(H,26,29)(H,30,31). The first-order valence-electron chi connectivity index (χ1n) is 11.1. The van der Waals surface area contributed by atoms with Gasteiger partial charge in [-0.1, -0.05) is 0 Å². The summed E-state index contributed by atoms with van der Waals surface area (Å²) in [6.45, 7) is 3.43. The van der Waals surface area contributed by atoms with Gasteiger partial charge < -0.3 is 30.0 Å². The highest BCUT2D eigenvalue weighted by Crippen LogP contribution is 2.65. The molecule has 11 nitrogen and oxygen atoms in total. The second-order valence-corrected chi connectivity index (χ2v) is 9.03. The molecular weight excluding hydrogens is 442 g/mol. The Balaban J connectivity index is 1.36. The van der Waals surface area contributed by atoms with Crippen LogP contribution in [-0.4, -0.2) is 83.5 Å². The lowest BCUT2D eigenvalue weighted by atomic mass is 9.43. The predicted octanol–water partition coefficient (Wildman–Crippen LogP) is 1.86. The van der Waals surface area contributed by atoms with E-state index in [1.54, 1.807) is 12.3 Å². The second-order valence-electron chi connectivity index (χ2n) is 9.03. The predicted molar refractivity (Wildman–Crippen MR) is 122 cm³/mol. The number of rotatable bonds is 8. The third kappa shape index (κ3) is 3.70. The van der Waals surface area contributed by atoms with Crippen LogP contribution in [0.1, 0.15) is 40.0 Å². The van der Waals surface area contributed by atoms with E-state index in [2.05, 4.69) is 25.5 Å². The number of carbonyl (C=O) groups excluding carboxylic acids is 1. The largest absolute Gasteiger partial charge is 0.496 e. The first-order valence-corrected chi connectivity index (χ1v) is 11.1. The molecule has 0 radical (unpaired) electrons. The summed E-state index contributed by atoms with van der Waals surface area (Å²) in [5.74, 6) is -0.881. The number of hydrogen-bond acceptors (Lipinski definition) is 9. The number of morpholine rings is 1. The molecule has 3 N–H and O–H groups in total. The van der Waals surface area contributed by atoms with Gasteiger partial charge in [0.05, 0.1) is 44.9 Å². The normalized spacial score (nSPS) is 25.5. The minimum atomic E-state index is -1.21. The van der Waals surface area contributed by atoms with Gasteiger partial charge in [0.15, 0.2) is 0 Å². The number of nitrogens with one attached hydrogen (secondary N) is 2. The molecule has 3 saturated carbocycles. The topological polar surface area (TPSA) is 135 Å². The number of amides is 1. The number of carboxylic acids is 1. The van der Waals surface area contributed by atoms with Crippen LogP contribution in [0, 0.1) is 0 Å². The highest BCUT2D eigenvalue weighted by atomic mass is 16.5. The monoisotopic (exact) mass is 469 g/mol. The zero-order chi connectivity index (χ0) is 23.9. The van der Waals surface area contributed by atoms with Gasteiger partial charge in [-0.3, -0.25) is 9.69 Å². The van der Waals surface area contributed by atoms with Crippen molar-refractivity contribution >= 4 is 23.4 Å². The van der Waals surface area contributed by atoms with Crippen LogP contribution in [0.25, 0.3) is 0 Å². The van der Waals surface area contributed by atoms with Crippen molar-refractivity contribution in [2.24, 2.45) is 0 Å². The maximum Gasteiger partial charge on any atom is 0.338 e. The molecule has 11 heteroatoms. The third-order valence-electron chi connectivity index (χ3n) is 6.99. The van der Waals surface area contributed by atoms with E-state index in [0.29, 0.717) is 11.6 Å². The Morgan fingerprint density at radius 2 is 1.88 bits per heavy atom. The molecule has 2 aromatic heterocycles. The van der Waals surface area contributed by atoms with E-state index in [1.165, 1.54) is 26.5 Å². The van der Waals surface area contributed by atoms with Crippen LogP contribution < -0.4 is 20.1 Å². The molecule has 3 aliphatic carbocycles. The van der Waals surface area contributed by atoms with Gasteiger partial charge in [0.1, 0.15) is 17.1 Å². The molecule has 2 bridgehead atoms. The molecular formula is C23H27N5O6. The molecule has 1 saturated heterocycles. The first-order chi connectivity index (χ1) is 16.4. The molecule has 0 unspecified atom stereocenters. The van der Waals surface area contributed by atoms with Crippen molar-refractivity contribution in [1.29, 1.82) is 0 Å². The fourth-order valence-corrected chi connectivity index (χ4v) is 5.43. The van der Waals surface area contributed by atoms with Crippen molar-refractivity contribution in [3.8, 4) is 11.6 Å². The average Bonchev–Trinajstić information content (AvgIpc) is 2.80. The fourth-order valence-electron chi connectivity index (χ4n) is 5.43. The van der Waals surface area contributed by atoms with Gasteiger partial charge in [-0.05, 0) is 25.3 Å². The van der Waals surface area contributed by atoms with Gasteiger partial charge in [-0.25, -0.2) is 14.8 Å². The average molecular weight is 469 g/mol. The summed E-state index contributed by atoms with van der Waals surface area (Å²) in [5.41, 5.74) is 0.225. The molecule has 0 atom stereocenters. The van der Waals surface area contributed by atoms with Crippen molar-refractivity contribution < 1.29 is 28.9 Å². The molecule has 4 aliphatic rings. The number of nitrogens with zero attached hydrogens (tertiary/aromatic N) is 3. The molecule has 4 fully saturated rings. The first kappa shape index (κ1) is 22.4. The molecule has 0 spiro atoms. The van der Waals surface area contributed by atoms with E-state index in [1.807, 2.05) is 0 Å². The highest BCUT2D eigenvalue weighted by molar-refractivity contribution is 6.11. The van der Waals surface area contributed by atoms with E-state index in [4.69, 9.17) is 14.2 Å². The summed E-state index contributed by atoms with van der Waals surface area (Å²) in [5, 5.41) is 15.7. The van der Waals surface area contributed by atoms with Crippen LogP contribution in [0.2, 0.25) is 0 Å². The smallest absolute Gasteiger partial charge is 0.338 e. The van der Waals surface area contributed by atoms with Gasteiger partial charge in [0, 0.05) is 36.4 Å². The quantitative estimate of drug-likeness (QED) is 0.526. The van der Waals surface area contributed by atoms with Crippen molar-refractivity contribution in [3.63, 3.8) is 0 Å². The Labute approximate surface area is 196 Å². The summed E-state index contributed by atoms with van der Waals surface area (Å²) >= 11 is 0. The number of aromatic nitrogens is 2. The zero-order valence-electron chi connectivity index (χ0n) is 19.1. The maximum absolute atomic E-state index is 13.3. The third-order valence-corrected chi connectivity index (χ3v) is 6.99. The SMILES string of the molecule is COc1cc(C(=O)O)c(NC(=O)c2c(OC)ccnc2NC23CC(N4CCOCC4)(C2)C3)cn1. The van der Waals surface area contributed by atoms with E-state index < -0.39 is 11.9 Å². The van der Waals surface area contributed by atoms with E-state index >= 15 is 0 Å². The molecule has 6 rings (SSSR count). The van der Waals surface area contributed by atoms with Crippen molar-refractivity contribution in [3.05, 3.63) is 35.7 Å². The van der Waals surface area contributed by atoms with Gasteiger partial charge >= 0.3 is 5.97 Å². The summed E-state index contributed by atoms with van der Waals surface area (Å²) in [6.07, 6.45) is 5.77. The van der Waals surface area contributed by atoms with Crippen LogP contribution >= 0.6 is 0 Å². The lowest BCUT2D eigenvalue weighted by molar-refractivity contribution is -0.172. The number of hydrogen-bond donors (Lipinski definition) is 3. The molecule has 0 aromatic carbocycles. The van der Waals surface area contributed by atoms with Crippen LogP contribution in [0.15, 0.2) is 24.5 Å². The number of anilines is 2. The minimum absolute atomic E-state index is 0.0481. The Morgan fingerprint density at radius 3 is 2.53 bits per heavy atom. The second kappa shape index (κ2) is 8.41. The van der Waals surface area contributed by atoms with Crippen LogP contribution in [0.3, 0.4) is 0 Å². The lowest BCUT2D eigenvalue weighted by Gasteiger charge is -2.74. The molecule has 180 valence electrons. The van der Waals surface area contributed by atoms with Crippen LogP contribution in [-0.2, 0) is 4.74 Å². The molecule has 2 aromatic rings. The Hall–Kier alpha value is -3.44. The van der Waals surface area contributed by atoms with Crippen molar-refractivity contribution in [2.45, 2.75) is 30.3 Å². The van der Waals surface area contributed by atoms with Gasteiger partial charge in [-0.15, -0.1) is 0 Å². The summed E-state index contributed by atoms with van der Waals surface area (Å²) in [4.78, 5) is 36.0. The Bertz CT molecular complexity index is 1110. The van der Waals surface area contributed by atoms with Crippen molar-refractivity contribution in [2.75, 3.05) is 51.2 Å². The van der Waals surface area contributed by atoms with Gasteiger partial charge in [0.2, 0.25) is 5.88 Å². The number of carbonyl (C=O) groups is 2. The summed E-state index contributed by atoms with van der Waals surface area (Å²) in [7, 11) is 2.86. The molecule has 1 aliphatic heterocycles. The van der Waals surface area contributed by atoms with E-state index in [0.717, 1.165) is 45.6 Å². The van der Waals surface area contributed by atoms with Gasteiger partial charge in [-0.2, -0.15) is 0 Å².